The molecule has 0 aliphatic rings. The Morgan fingerprint density at radius 2 is 2.38 bits per heavy atom. The number of pyridine rings is 1. The molecule has 0 saturated carbocycles. The van der Waals surface area contributed by atoms with Gasteiger partial charge >= 0.3 is 0 Å². The van der Waals surface area contributed by atoms with E-state index in [1.165, 1.54) is 0 Å². The highest BCUT2D eigenvalue weighted by Gasteiger charge is 2.12. The molecule has 0 aromatic carbocycles. The van der Waals surface area contributed by atoms with Gasteiger partial charge in [0.15, 0.2) is 0 Å². The Kier molecular flexibility index (Phi) is 4.71. The van der Waals surface area contributed by atoms with Gasteiger partial charge in [-0.1, -0.05) is 11.6 Å². The highest BCUT2D eigenvalue weighted by Crippen LogP contribution is 2.16. The first-order chi connectivity index (χ1) is 7.50. The number of amidine groups is 1. The second kappa shape index (κ2) is 5.82. The van der Waals surface area contributed by atoms with Gasteiger partial charge in [0, 0.05) is 31.4 Å². The van der Waals surface area contributed by atoms with Gasteiger partial charge in [-0.25, -0.2) is 0 Å². The Hall–Kier alpha value is -1.13. The van der Waals surface area contributed by atoms with Crippen LogP contribution >= 0.6 is 11.6 Å². The van der Waals surface area contributed by atoms with E-state index in [2.05, 4.69) is 9.88 Å². The Morgan fingerprint density at radius 3 is 2.94 bits per heavy atom. The minimum Gasteiger partial charge on any atom is -0.388 e. The summed E-state index contributed by atoms with van der Waals surface area (Å²) in [5.74, 6) is 0.208. The van der Waals surface area contributed by atoms with Gasteiger partial charge in [-0.15, -0.1) is 0 Å². The summed E-state index contributed by atoms with van der Waals surface area (Å²) in [6.07, 6.45) is 3.93. The number of hydrogen-bond acceptors (Lipinski definition) is 3. The van der Waals surface area contributed by atoms with Crippen LogP contribution < -0.4 is 5.73 Å². The lowest BCUT2D eigenvalue weighted by molar-refractivity contribution is 0.254. The van der Waals surface area contributed by atoms with E-state index >= 15 is 0 Å². The smallest absolute Gasteiger partial charge is 0.0920 e. The number of halogens is 1. The van der Waals surface area contributed by atoms with Gasteiger partial charge < -0.3 is 5.73 Å². The number of nitrogens with one attached hydrogen (secondary N) is 1. The minimum atomic E-state index is 0.208. The number of nitrogens with two attached hydrogens (primary N) is 1. The van der Waals surface area contributed by atoms with Crippen molar-refractivity contribution in [2.24, 2.45) is 5.73 Å². The van der Waals surface area contributed by atoms with Crippen LogP contribution in [0, 0.1) is 5.41 Å². The second-order valence-electron chi connectivity index (χ2n) is 3.96. The van der Waals surface area contributed by atoms with Gasteiger partial charge in [-0.2, -0.15) is 0 Å². The van der Waals surface area contributed by atoms with E-state index in [4.69, 9.17) is 22.7 Å². The Bertz CT molecular complexity index is 367. The van der Waals surface area contributed by atoms with E-state index < -0.39 is 0 Å². The summed E-state index contributed by atoms with van der Waals surface area (Å²) in [5.41, 5.74) is 6.41. The molecule has 0 saturated heterocycles. The van der Waals surface area contributed by atoms with Crippen molar-refractivity contribution in [2.75, 3.05) is 7.05 Å². The van der Waals surface area contributed by atoms with Gasteiger partial charge in [-0.05, 0) is 25.6 Å². The molecule has 0 amide bonds. The van der Waals surface area contributed by atoms with Gasteiger partial charge in [-0.3, -0.25) is 15.3 Å². The second-order valence-corrected chi connectivity index (χ2v) is 4.37. The normalized spacial score (nSPS) is 12.8. The molecule has 3 N–H and O–H groups in total. The van der Waals surface area contributed by atoms with Crippen molar-refractivity contribution >= 4 is 17.4 Å². The highest BCUT2D eigenvalue weighted by molar-refractivity contribution is 6.31. The summed E-state index contributed by atoms with van der Waals surface area (Å²) < 4.78 is 0. The summed E-state index contributed by atoms with van der Waals surface area (Å²) in [5, 5.41) is 7.93. The summed E-state index contributed by atoms with van der Waals surface area (Å²) in [6.45, 7) is 2.77. The molecular weight excluding hydrogens is 224 g/mol. The SMILES string of the molecule is CC(CC(=N)N)N(C)Cc1ccncc1Cl. The van der Waals surface area contributed by atoms with E-state index in [0.29, 0.717) is 11.4 Å². The maximum Gasteiger partial charge on any atom is 0.0920 e. The molecule has 16 heavy (non-hydrogen) atoms. The molecule has 0 aliphatic heterocycles. The largest absolute Gasteiger partial charge is 0.388 e. The van der Waals surface area contributed by atoms with Crippen molar-refractivity contribution in [3.63, 3.8) is 0 Å². The fraction of sp³-hybridized carbons (Fsp3) is 0.455. The Balaban J connectivity index is 2.60. The van der Waals surface area contributed by atoms with Crippen molar-refractivity contribution in [1.82, 2.24) is 9.88 Å². The molecule has 0 aliphatic carbocycles. The zero-order chi connectivity index (χ0) is 12.1. The fourth-order valence-electron chi connectivity index (χ4n) is 1.43. The van der Waals surface area contributed by atoms with Crippen molar-refractivity contribution in [3.05, 3.63) is 29.0 Å². The Morgan fingerprint density at radius 1 is 1.69 bits per heavy atom. The summed E-state index contributed by atoms with van der Waals surface area (Å²) >= 11 is 6.02. The lowest BCUT2D eigenvalue weighted by Gasteiger charge is -2.24. The minimum absolute atomic E-state index is 0.208. The zero-order valence-corrected chi connectivity index (χ0v) is 10.3. The van der Waals surface area contributed by atoms with Crippen LogP contribution in [0.1, 0.15) is 18.9 Å². The monoisotopic (exact) mass is 240 g/mol. The van der Waals surface area contributed by atoms with E-state index in [1.807, 2.05) is 20.0 Å². The van der Waals surface area contributed by atoms with Crippen LogP contribution in [0.25, 0.3) is 0 Å². The first-order valence-corrected chi connectivity index (χ1v) is 5.50. The molecule has 5 heteroatoms. The van der Waals surface area contributed by atoms with Crippen molar-refractivity contribution in [3.8, 4) is 0 Å². The molecule has 88 valence electrons. The summed E-state index contributed by atoms with van der Waals surface area (Å²) in [4.78, 5) is 6.05. The standard InChI is InChI=1S/C11H17ClN4/c1-8(5-11(13)14)16(2)7-9-3-4-15-6-10(9)12/h3-4,6,8H,5,7H2,1-2H3,(H3,13,14). The highest BCUT2D eigenvalue weighted by atomic mass is 35.5. The molecule has 4 nitrogen and oxygen atoms in total. The maximum atomic E-state index is 7.26. The molecule has 0 fully saturated rings. The number of rotatable bonds is 5. The van der Waals surface area contributed by atoms with Crippen molar-refractivity contribution in [1.29, 1.82) is 5.41 Å². The molecule has 1 rings (SSSR count). The Labute approximate surface area is 101 Å². The van der Waals surface area contributed by atoms with Crippen LogP contribution in [0.4, 0.5) is 0 Å². The average molecular weight is 241 g/mol. The lowest BCUT2D eigenvalue weighted by Crippen LogP contribution is -2.32. The first kappa shape index (κ1) is 12.9. The number of aromatic nitrogens is 1. The van der Waals surface area contributed by atoms with Crippen LogP contribution in [0.2, 0.25) is 5.02 Å². The van der Waals surface area contributed by atoms with Crippen LogP contribution in [0.3, 0.4) is 0 Å². The predicted octanol–water partition coefficient (Wildman–Crippen LogP) is 1.88. The van der Waals surface area contributed by atoms with E-state index in [0.717, 1.165) is 12.1 Å². The van der Waals surface area contributed by atoms with E-state index in [9.17, 15) is 0 Å². The van der Waals surface area contributed by atoms with Gasteiger partial charge in [0.25, 0.3) is 0 Å². The fourth-order valence-corrected chi connectivity index (χ4v) is 1.61. The molecule has 1 aromatic heterocycles. The molecule has 1 heterocycles. The van der Waals surface area contributed by atoms with Crippen molar-refractivity contribution < 1.29 is 0 Å². The zero-order valence-electron chi connectivity index (χ0n) is 9.57. The van der Waals surface area contributed by atoms with Crippen LogP contribution in [-0.2, 0) is 6.54 Å². The average Bonchev–Trinajstić information content (AvgIpc) is 2.20. The third-order valence-electron chi connectivity index (χ3n) is 2.54. The van der Waals surface area contributed by atoms with Crippen LogP contribution in [0.15, 0.2) is 18.5 Å². The third kappa shape index (κ3) is 3.79. The van der Waals surface area contributed by atoms with Crippen molar-refractivity contribution in [2.45, 2.75) is 25.9 Å². The predicted molar refractivity (Wildman–Crippen MR) is 66.7 cm³/mol. The molecule has 0 spiro atoms. The molecule has 0 bridgehead atoms. The van der Waals surface area contributed by atoms with Gasteiger partial charge in [0.2, 0.25) is 0 Å². The third-order valence-corrected chi connectivity index (χ3v) is 2.88. The lowest BCUT2D eigenvalue weighted by atomic mass is 10.1. The number of hydrogen-bond donors (Lipinski definition) is 2. The summed E-state index contributed by atoms with van der Waals surface area (Å²) in [6, 6.07) is 2.13. The molecule has 1 unspecified atom stereocenters. The first-order valence-electron chi connectivity index (χ1n) is 5.12. The van der Waals surface area contributed by atoms with Gasteiger partial charge in [0.05, 0.1) is 10.9 Å². The molecule has 1 aromatic rings. The van der Waals surface area contributed by atoms with E-state index in [1.54, 1.807) is 12.4 Å². The number of nitrogens with zero attached hydrogens (tertiary/aromatic N) is 2. The van der Waals surface area contributed by atoms with Crippen LogP contribution in [0.5, 0.6) is 0 Å². The molecule has 1 atom stereocenters. The molecule has 0 radical (unpaired) electrons. The van der Waals surface area contributed by atoms with E-state index in [-0.39, 0.29) is 11.9 Å². The van der Waals surface area contributed by atoms with Crippen LogP contribution in [-0.4, -0.2) is 28.8 Å². The summed E-state index contributed by atoms with van der Waals surface area (Å²) in [7, 11) is 1.99. The molecular formula is C11H17ClN4. The maximum absolute atomic E-state index is 7.26. The topological polar surface area (TPSA) is 66.0 Å². The quantitative estimate of drug-likeness (QED) is 0.610. The van der Waals surface area contributed by atoms with Gasteiger partial charge in [0.1, 0.15) is 0 Å².